The minimum absolute atomic E-state index is 0.0643. The zero-order valence-corrected chi connectivity index (χ0v) is 33.7. The highest BCUT2D eigenvalue weighted by molar-refractivity contribution is 5.71. The van der Waals surface area contributed by atoms with Gasteiger partial charge in [0.15, 0.2) is 6.10 Å². The molecule has 50 heavy (non-hydrogen) atoms. The van der Waals surface area contributed by atoms with E-state index in [1.54, 1.807) is 0 Å². The molecule has 0 heterocycles. The van der Waals surface area contributed by atoms with Crippen LogP contribution in [0.15, 0.2) is 0 Å². The molecule has 0 spiro atoms. The Bertz CT molecular complexity index is 738. The van der Waals surface area contributed by atoms with Crippen molar-refractivity contribution in [3.05, 3.63) is 0 Å². The number of ether oxygens (including phenoxy) is 3. The summed E-state index contributed by atoms with van der Waals surface area (Å²) in [6.07, 6.45) is 39.7. The lowest BCUT2D eigenvalue weighted by Crippen LogP contribution is -2.30. The lowest BCUT2D eigenvalue weighted by Gasteiger charge is -2.18. The van der Waals surface area contributed by atoms with E-state index in [-0.39, 0.29) is 31.1 Å². The molecule has 0 unspecified atom stereocenters. The molecule has 0 aliphatic rings. The smallest absolute Gasteiger partial charge is 0.306 e. The fourth-order valence-corrected chi connectivity index (χ4v) is 6.50. The Balaban J connectivity index is 4.15. The maximum absolute atomic E-state index is 12.6. The fraction of sp³-hybridized carbons (Fsp3) is 0.932. The van der Waals surface area contributed by atoms with Crippen LogP contribution in [-0.4, -0.2) is 37.2 Å². The first-order valence-electron chi connectivity index (χ1n) is 22.0. The summed E-state index contributed by atoms with van der Waals surface area (Å²) in [5, 5.41) is 0. The van der Waals surface area contributed by atoms with Crippen LogP contribution in [0.1, 0.15) is 245 Å². The molecule has 0 rings (SSSR count). The molecule has 0 N–H and O–H groups in total. The lowest BCUT2D eigenvalue weighted by molar-refractivity contribution is -0.167. The van der Waals surface area contributed by atoms with Crippen molar-refractivity contribution in [1.29, 1.82) is 0 Å². The second-order valence-electron chi connectivity index (χ2n) is 15.0. The zero-order chi connectivity index (χ0) is 36.6. The number of hydrogen-bond donors (Lipinski definition) is 0. The third kappa shape index (κ3) is 37.7. The van der Waals surface area contributed by atoms with Gasteiger partial charge < -0.3 is 14.2 Å². The van der Waals surface area contributed by atoms with Crippen LogP contribution in [0.3, 0.4) is 0 Å². The van der Waals surface area contributed by atoms with Crippen LogP contribution in [-0.2, 0) is 28.6 Å². The summed E-state index contributed by atoms with van der Waals surface area (Å²) < 4.78 is 16.6. The molecule has 0 saturated heterocycles. The Morgan fingerprint density at radius 2 is 0.540 bits per heavy atom. The minimum atomic E-state index is -0.756. The quantitative estimate of drug-likeness (QED) is 0.0358. The Hall–Kier alpha value is -1.59. The molecule has 0 aliphatic carbocycles. The molecule has 0 fully saturated rings. The Morgan fingerprint density at radius 3 is 0.800 bits per heavy atom. The minimum Gasteiger partial charge on any atom is -0.462 e. The summed E-state index contributed by atoms with van der Waals surface area (Å²) in [5.41, 5.74) is 0. The van der Waals surface area contributed by atoms with Crippen LogP contribution in [0, 0.1) is 0 Å². The molecular formula is C44H84O6. The Morgan fingerprint density at radius 1 is 0.320 bits per heavy atom. The van der Waals surface area contributed by atoms with Gasteiger partial charge >= 0.3 is 17.9 Å². The number of unbranched alkanes of at least 4 members (excludes halogenated alkanes) is 29. The standard InChI is InChI=1S/C44H84O6/c1-4-7-10-13-15-17-19-20-21-22-23-24-25-27-29-32-35-38-44(47)50-41(39-48-42(45)36-33-30-12-9-6-3)40-49-43(46)37-34-31-28-26-18-16-14-11-8-5-2/h41H,4-40H2,1-3H3/t41-/m1/s1. The maximum Gasteiger partial charge on any atom is 0.306 e. The summed E-state index contributed by atoms with van der Waals surface area (Å²) in [5.74, 6) is -0.870. The Kier molecular flexibility index (Phi) is 38.9. The van der Waals surface area contributed by atoms with Gasteiger partial charge in [0.2, 0.25) is 0 Å². The number of esters is 3. The average molecular weight is 709 g/mol. The van der Waals surface area contributed by atoms with Gasteiger partial charge in [-0.2, -0.15) is 0 Å². The van der Waals surface area contributed by atoms with Crippen LogP contribution in [0.4, 0.5) is 0 Å². The second kappa shape index (κ2) is 40.2. The van der Waals surface area contributed by atoms with Crippen molar-refractivity contribution >= 4 is 17.9 Å². The second-order valence-corrected chi connectivity index (χ2v) is 15.0. The van der Waals surface area contributed by atoms with Gasteiger partial charge in [0.25, 0.3) is 0 Å². The lowest BCUT2D eigenvalue weighted by atomic mass is 10.0. The van der Waals surface area contributed by atoms with Gasteiger partial charge in [-0.25, -0.2) is 0 Å². The molecule has 6 heteroatoms. The van der Waals surface area contributed by atoms with E-state index in [1.165, 1.54) is 141 Å². The summed E-state index contributed by atoms with van der Waals surface area (Å²) in [6.45, 7) is 6.56. The topological polar surface area (TPSA) is 78.9 Å². The van der Waals surface area contributed by atoms with Gasteiger partial charge in [-0.3, -0.25) is 14.4 Å². The molecular weight excluding hydrogens is 624 g/mol. The van der Waals surface area contributed by atoms with Crippen LogP contribution in [0.2, 0.25) is 0 Å². The molecule has 6 nitrogen and oxygen atoms in total. The van der Waals surface area contributed by atoms with Gasteiger partial charge in [0.1, 0.15) is 13.2 Å². The molecule has 0 aliphatic heterocycles. The van der Waals surface area contributed by atoms with Crippen molar-refractivity contribution in [2.75, 3.05) is 13.2 Å². The van der Waals surface area contributed by atoms with Crippen LogP contribution in [0.25, 0.3) is 0 Å². The summed E-state index contributed by atoms with van der Waals surface area (Å²) in [4.78, 5) is 37.3. The Labute approximate surface area is 310 Å². The normalized spacial score (nSPS) is 11.8. The van der Waals surface area contributed by atoms with Crippen molar-refractivity contribution in [3.63, 3.8) is 0 Å². The van der Waals surface area contributed by atoms with E-state index in [0.29, 0.717) is 19.3 Å². The van der Waals surface area contributed by atoms with E-state index in [0.717, 1.165) is 64.2 Å². The maximum atomic E-state index is 12.6. The summed E-state index contributed by atoms with van der Waals surface area (Å²) >= 11 is 0. The largest absolute Gasteiger partial charge is 0.462 e. The highest BCUT2D eigenvalue weighted by atomic mass is 16.6. The molecule has 0 aromatic carbocycles. The number of rotatable bonds is 40. The molecule has 0 aromatic heterocycles. The molecule has 296 valence electrons. The van der Waals surface area contributed by atoms with Crippen LogP contribution in [0.5, 0.6) is 0 Å². The summed E-state index contributed by atoms with van der Waals surface area (Å²) in [6, 6.07) is 0. The van der Waals surface area contributed by atoms with Gasteiger partial charge in [0.05, 0.1) is 0 Å². The monoisotopic (exact) mass is 709 g/mol. The van der Waals surface area contributed by atoms with Crippen molar-refractivity contribution in [2.45, 2.75) is 252 Å². The van der Waals surface area contributed by atoms with Gasteiger partial charge in [-0.15, -0.1) is 0 Å². The predicted molar refractivity (Wildman–Crippen MR) is 210 cm³/mol. The average Bonchev–Trinajstić information content (AvgIpc) is 3.11. The van der Waals surface area contributed by atoms with E-state index in [1.807, 2.05) is 0 Å². The zero-order valence-electron chi connectivity index (χ0n) is 33.7. The number of carbonyl (C=O) groups excluding carboxylic acids is 3. The number of carbonyl (C=O) groups is 3. The summed E-state index contributed by atoms with van der Waals surface area (Å²) in [7, 11) is 0. The molecule has 1 atom stereocenters. The molecule has 0 aromatic rings. The van der Waals surface area contributed by atoms with Gasteiger partial charge in [-0.1, -0.05) is 207 Å². The molecule has 0 radical (unpaired) electrons. The van der Waals surface area contributed by atoms with E-state index >= 15 is 0 Å². The third-order valence-corrected chi connectivity index (χ3v) is 9.86. The van der Waals surface area contributed by atoms with Crippen molar-refractivity contribution in [1.82, 2.24) is 0 Å². The van der Waals surface area contributed by atoms with Crippen molar-refractivity contribution in [2.24, 2.45) is 0 Å². The van der Waals surface area contributed by atoms with Gasteiger partial charge in [-0.05, 0) is 19.3 Å². The number of hydrogen-bond acceptors (Lipinski definition) is 6. The van der Waals surface area contributed by atoms with E-state index in [2.05, 4.69) is 20.8 Å². The molecule has 0 saturated carbocycles. The van der Waals surface area contributed by atoms with Gasteiger partial charge in [0, 0.05) is 19.3 Å². The first-order valence-corrected chi connectivity index (χ1v) is 22.0. The van der Waals surface area contributed by atoms with E-state index < -0.39 is 6.10 Å². The SMILES string of the molecule is CCCCCCCCCCCCCCCCCCCC(=O)O[C@H](COC(=O)CCCCCCC)COC(=O)CCCCCCCCCCCC. The van der Waals surface area contributed by atoms with Crippen molar-refractivity contribution in [3.8, 4) is 0 Å². The third-order valence-electron chi connectivity index (χ3n) is 9.86. The molecule has 0 bridgehead atoms. The van der Waals surface area contributed by atoms with E-state index in [4.69, 9.17) is 14.2 Å². The van der Waals surface area contributed by atoms with Crippen LogP contribution < -0.4 is 0 Å². The highest BCUT2D eigenvalue weighted by Crippen LogP contribution is 2.16. The molecule has 0 amide bonds. The first-order chi connectivity index (χ1) is 24.5. The fourth-order valence-electron chi connectivity index (χ4n) is 6.50. The first kappa shape index (κ1) is 48.4. The highest BCUT2D eigenvalue weighted by Gasteiger charge is 2.19. The van der Waals surface area contributed by atoms with Crippen LogP contribution >= 0.6 is 0 Å². The van der Waals surface area contributed by atoms with E-state index in [9.17, 15) is 14.4 Å². The predicted octanol–water partition coefficient (Wildman–Crippen LogP) is 13.7. The van der Waals surface area contributed by atoms with Crippen molar-refractivity contribution < 1.29 is 28.6 Å².